The molecule has 2 amide bonds. The molecule has 2 saturated carbocycles. The van der Waals surface area contributed by atoms with E-state index in [1.807, 2.05) is 43.3 Å². The number of nitro benzene ring substituents is 1. The summed E-state index contributed by atoms with van der Waals surface area (Å²) >= 11 is 0. The lowest BCUT2D eigenvalue weighted by Gasteiger charge is -2.58. The summed E-state index contributed by atoms with van der Waals surface area (Å²) in [5.74, 6) is -0.330. The first-order valence-electron chi connectivity index (χ1n) is 26.2. The number of hydrogen-bond donors (Lipinski definition) is 5. The Morgan fingerprint density at radius 2 is 1.69 bits per heavy atom. The molecule has 10 rings (SSSR count). The Morgan fingerprint density at radius 3 is 2.41 bits per heavy atom. The van der Waals surface area contributed by atoms with Gasteiger partial charge in [0.05, 0.1) is 27.2 Å². The average molecular weight is 1040 g/mol. The van der Waals surface area contributed by atoms with Crippen LogP contribution in [-0.2, 0) is 16.6 Å². The number of carbonyl (C=O) groups excluding carboxylic acids is 2. The Bertz CT molecular complexity index is 3190. The van der Waals surface area contributed by atoms with Gasteiger partial charge in [0.2, 0.25) is 5.91 Å². The maximum atomic E-state index is 14.1. The van der Waals surface area contributed by atoms with Gasteiger partial charge in [-0.2, -0.15) is 0 Å². The zero-order chi connectivity index (χ0) is 52.6. The topological polar surface area (TPSA) is 229 Å². The van der Waals surface area contributed by atoms with Crippen molar-refractivity contribution in [2.45, 2.75) is 107 Å². The molecule has 4 heterocycles. The SMILES string of the molecule is CC(C)c1ccccc1C1CN(Cc2ccc(C(N)=O)cc2)CCN1C1CC2(CCN(c3ccc(C(=O)NS(=O)(=O)c4ccc(NC[C@H]5CC[C@](C)(O)CC5)c([N+](=O)[O-])c4)c(Oc4cnc5[nH]ccc5c4)c3)CC2)C1. The normalized spacial score (nSPS) is 21.5. The van der Waals surface area contributed by atoms with Gasteiger partial charge < -0.3 is 30.8 Å². The first kappa shape index (κ1) is 51.6. The molecule has 4 aliphatic rings. The number of sulfonamides is 1. The van der Waals surface area contributed by atoms with Crippen molar-refractivity contribution in [1.82, 2.24) is 24.5 Å². The monoisotopic (exact) mass is 1040 g/mol. The number of H-pyrrole nitrogens is 1. The van der Waals surface area contributed by atoms with E-state index in [0.29, 0.717) is 48.3 Å². The number of nitrogens with two attached hydrogens (primary N) is 1. The number of fused-ring (bicyclic) bond motifs is 1. The number of nitrogens with zero attached hydrogens (tertiary/aromatic N) is 5. The van der Waals surface area contributed by atoms with Crippen LogP contribution < -0.4 is 25.4 Å². The Kier molecular flexibility index (Phi) is 14.5. The van der Waals surface area contributed by atoms with E-state index in [1.165, 1.54) is 29.5 Å². The van der Waals surface area contributed by atoms with Crippen molar-refractivity contribution < 1.29 is 32.8 Å². The van der Waals surface area contributed by atoms with Gasteiger partial charge in [-0.25, -0.2) is 18.1 Å². The number of rotatable bonds is 16. The molecule has 1 spiro atoms. The third-order valence-corrected chi connectivity index (χ3v) is 17.7. The van der Waals surface area contributed by atoms with Gasteiger partial charge in [-0.3, -0.25) is 29.5 Å². The Morgan fingerprint density at radius 1 is 0.947 bits per heavy atom. The first-order chi connectivity index (χ1) is 35.9. The minimum atomic E-state index is -4.60. The number of hydrogen-bond acceptors (Lipinski definition) is 13. The van der Waals surface area contributed by atoms with E-state index in [0.717, 1.165) is 100 Å². The molecule has 6 N–H and O–H groups in total. The molecular weight excluding hydrogens is 971 g/mol. The fourth-order valence-corrected chi connectivity index (χ4v) is 12.9. The zero-order valence-electron chi connectivity index (χ0n) is 42.8. The van der Waals surface area contributed by atoms with Gasteiger partial charge in [-0.15, -0.1) is 0 Å². The molecule has 6 aromatic rings. The summed E-state index contributed by atoms with van der Waals surface area (Å²) in [5.41, 5.74) is 10.6. The summed E-state index contributed by atoms with van der Waals surface area (Å²) in [6, 6.07) is 29.5. The summed E-state index contributed by atoms with van der Waals surface area (Å²) in [6.07, 6.45) is 10.3. The molecule has 1 atom stereocenters. The number of nitro groups is 1. The number of nitrogens with one attached hydrogen (secondary N) is 3. The van der Waals surface area contributed by atoms with Crippen molar-refractivity contribution in [3.63, 3.8) is 0 Å². The number of amides is 2. The molecular formula is C57H67N9O8S. The molecule has 4 aromatic carbocycles. The molecule has 17 nitrogen and oxygen atoms in total. The van der Waals surface area contributed by atoms with Crippen molar-refractivity contribution in [1.29, 1.82) is 0 Å². The molecule has 18 heteroatoms. The third kappa shape index (κ3) is 11.4. The highest BCUT2D eigenvalue weighted by atomic mass is 32.2. The number of piperazine rings is 1. The number of anilines is 2. The molecule has 394 valence electrons. The Labute approximate surface area is 438 Å². The number of ether oxygens (including phenoxy) is 1. The molecule has 2 saturated heterocycles. The summed E-state index contributed by atoms with van der Waals surface area (Å²) in [6.45, 7) is 11.9. The van der Waals surface area contributed by atoms with Crippen molar-refractivity contribution in [3.05, 3.63) is 147 Å². The lowest BCUT2D eigenvalue weighted by Crippen LogP contribution is -2.60. The maximum absolute atomic E-state index is 14.1. The maximum Gasteiger partial charge on any atom is 0.293 e. The first-order valence-corrected chi connectivity index (χ1v) is 27.7. The minimum absolute atomic E-state index is 0.0410. The number of primary amides is 1. The van der Waals surface area contributed by atoms with Crippen LogP contribution in [0.2, 0.25) is 0 Å². The third-order valence-electron chi connectivity index (χ3n) is 16.4. The van der Waals surface area contributed by atoms with Crippen LogP contribution in [0.3, 0.4) is 0 Å². The van der Waals surface area contributed by atoms with Crippen LogP contribution in [0.15, 0.2) is 114 Å². The van der Waals surface area contributed by atoms with E-state index in [1.54, 1.807) is 24.4 Å². The highest BCUT2D eigenvalue weighted by Gasteiger charge is 2.50. The summed E-state index contributed by atoms with van der Waals surface area (Å²) in [4.78, 5) is 52.1. The van der Waals surface area contributed by atoms with Crippen molar-refractivity contribution >= 4 is 49.9 Å². The van der Waals surface area contributed by atoms with Crippen LogP contribution in [-0.4, -0.2) is 101 Å². The van der Waals surface area contributed by atoms with Gasteiger partial charge in [0, 0.05) is 92.9 Å². The van der Waals surface area contributed by atoms with E-state index in [2.05, 4.69) is 72.8 Å². The number of piperidine rings is 1. The number of pyridine rings is 1. The van der Waals surface area contributed by atoms with Crippen molar-refractivity contribution in [2.75, 3.05) is 49.5 Å². The van der Waals surface area contributed by atoms with Gasteiger partial charge in [-0.05, 0) is 141 Å². The minimum Gasteiger partial charge on any atom is -0.455 e. The van der Waals surface area contributed by atoms with E-state index in [4.69, 9.17) is 10.5 Å². The lowest BCUT2D eigenvalue weighted by molar-refractivity contribution is -0.384. The standard InChI is InChI=1S/C57H67N9O8S/c1-37(2)46-6-4-5-7-47(46)51-36-63(35-39-8-10-40(11-9-39)53(58)67)26-27-65(51)43-31-57(32-43)21-24-64(25-22-57)42-12-14-48(52(29-42)74-44-28-41-18-23-59-54(41)61-34-44)55(68)62-75(72,73)45-13-15-49(50(30-45)66(70)71)60-33-38-16-19-56(3,69)20-17-38/h4-15,18,23,28-30,34,37-38,43,51,60,69H,16-17,19-22,24-27,31-33,35-36H2,1-3H3,(H2,58,67)(H,59,61)(H,62,68)/t38-,51?,56-. The van der Waals surface area contributed by atoms with Crippen LogP contribution in [0, 0.1) is 21.4 Å². The summed E-state index contributed by atoms with van der Waals surface area (Å²) in [5, 5.41) is 26.5. The number of benzene rings is 4. The van der Waals surface area contributed by atoms with Crippen molar-refractivity contribution in [2.24, 2.45) is 17.1 Å². The van der Waals surface area contributed by atoms with Crippen molar-refractivity contribution in [3.8, 4) is 11.5 Å². The molecule has 2 aliphatic heterocycles. The van der Waals surface area contributed by atoms with Gasteiger partial charge in [0.25, 0.3) is 21.6 Å². The van der Waals surface area contributed by atoms with Crippen LogP contribution >= 0.6 is 0 Å². The fourth-order valence-electron chi connectivity index (χ4n) is 12.0. The van der Waals surface area contributed by atoms with Crippen LogP contribution in [0.25, 0.3) is 11.0 Å². The van der Waals surface area contributed by atoms with Crippen LogP contribution in [0.5, 0.6) is 11.5 Å². The zero-order valence-corrected chi connectivity index (χ0v) is 43.7. The number of aliphatic hydroxyl groups is 1. The largest absolute Gasteiger partial charge is 0.455 e. The van der Waals surface area contributed by atoms with Gasteiger partial charge in [0.1, 0.15) is 22.8 Å². The highest BCUT2D eigenvalue weighted by molar-refractivity contribution is 7.90. The number of aromatic nitrogens is 2. The van der Waals surface area contributed by atoms with Crippen LogP contribution in [0.4, 0.5) is 17.1 Å². The number of carbonyl (C=O) groups is 2. The quantitative estimate of drug-likeness (QED) is 0.0450. The summed E-state index contributed by atoms with van der Waals surface area (Å²) < 4.78 is 36.2. The molecule has 2 aliphatic carbocycles. The Balaban J connectivity index is 0.829. The molecule has 0 radical (unpaired) electrons. The summed E-state index contributed by atoms with van der Waals surface area (Å²) in [7, 11) is -4.60. The van der Waals surface area contributed by atoms with E-state index in [9.17, 15) is 33.2 Å². The smallest absolute Gasteiger partial charge is 0.293 e. The molecule has 4 fully saturated rings. The number of aromatic amines is 1. The van der Waals surface area contributed by atoms with E-state index in [-0.39, 0.29) is 34.4 Å². The van der Waals surface area contributed by atoms with Gasteiger partial charge >= 0.3 is 0 Å². The average Bonchev–Trinajstić information content (AvgIpc) is 3.86. The van der Waals surface area contributed by atoms with Gasteiger partial charge in [0.15, 0.2) is 0 Å². The predicted octanol–water partition coefficient (Wildman–Crippen LogP) is 9.27. The van der Waals surface area contributed by atoms with E-state index >= 15 is 0 Å². The molecule has 0 bridgehead atoms. The van der Waals surface area contributed by atoms with Crippen LogP contribution in [0.1, 0.15) is 122 Å². The molecule has 1 unspecified atom stereocenters. The highest BCUT2D eigenvalue weighted by Crippen LogP contribution is 2.53. The van der Waals surface area contributed by atoms with Gasteiger partial charge in [-0.1, -0.05) is 50.2 Å². The second kappa shape index (κ2) is 21.0. The fraction of sp³-hybridized carbons (Fsp3) is 0.421. The molecule has 75 heavy (non-hydrogen) atoms. The Hall–Kier alpha value is -6.86. The lowest BCUT2D eigenvalue weighted by atomic mass is 9.59. The molecule has 2 aromatic heterocycles. The second-order valence-corrected chi connectivity index (χ2v) is 23.6. The van der Waals surface area contributed by atoms with E-state index < -0.39 is 42.9 Å². The predicted molar refractivity (Wildman–Crippen MR) is 289 cm³/mol. The second-order valence-electron chi connectivity index (χ2n) is 21.9.